The Kier molecular flexibility index (Phi) is 13.5. The number of aromatic amines is 1. The van der Waals surface area contributed by atoms with Crippen molar-refractivity contribution in [2.75, 3.05) is 41.5 Å². The molecule has 0 atom stereocenters. The Balaban J connectivity index is 0.000000184. The van der Waals surface area contributed by atoms with E-state index in [4.69, 9.17) is 14.5 Å². The van der Waals surface area contributed by atoms with Crippen LogP contribution in [-0.2, 0) is 6.61 Å². The van der Waals surface area contributed by atoms with Gasteiger partial charge in [-0.1, -0.05) is 36.4 Å². The van der Waals surface area contributed by atoms with Crippen molar-refractivity contribution in [1.29, 1.82) is 0 Å². The summed E-state index contributed by atoms with van der Waals surface area (Å²) in [6, 6.07) is 39.7. The number of pyridine rings is 2. The quantitative estimate of drug-likeness (QED) is 0.0704. The van der Waals surface area contributed by atoms with Crippen LogP contribution in [0.1, 0.15) is 30.5 Å². The lowest BCUT2D eigenvalue weighted by Crippen LogP contribution is -2.09. The molecule has 0 fully saturated rings. The molecule has 65 heavy (non-hydrogen) atoms. The van der Waals surface area contributed by atoms with E-state index in [9.17, 15) is 4.79 Å². The van der Waals surface area contributed by atoms with E-state index in [-0.39, 0.29) is 5.56 Å². The van der Waals surface area contributed by atoms with Gasteiger partial charge in [0.05, 0.1) is 18.1 Å². The van der Waals surface area contributed by atoms with E-state index < -0.39 is 0 Å². The van der Waals surface area contributed by atoms with E-state index in [1.807, 2.05) is 122 Å². The lowest BCUT2D eigenvalue weighted by Gasteiger charge is -2.14. The molecule has 4 heterocycles. The summed E-state index contributed by atoms with van der Waals surface area (Å²) in [6.45, 7) is 10.3. The van der Waals surface area contributed by atoms with E-state index >= 15 is 0 Å². The number of fused-ring (bicyclic) bond motifs is 2. The number of hydrogen-bond acceptors (Lipinski definition) is 12. The minimum Gasteiger partial charge on any atom is -0.497 e. The molecule has 326 valence electrons. The zero-order chi connectivity index (χ0) is 45.1. The number of anilines is 6. The molecule has 5 aromatic carbocycles. The highest BCUT2D eigenvalue weighted by Crippen LogP contribution is 2.34. The van der Waals surface area contributed by atoms with Crippen molar-refractivity contribution in [1.82, 2.24) is 29.9 Å². The minimum atomic E-state index is -0.0980. The maximum Gasteiger partial charge on any atom is 0.256 e. The Morgan fingerprint density at radius 3 is 1.71 bits per heavy atom. The van der Waals surface area contributed by atoms with Crippen molar-refractivity contribution in [3.63, 3.8) is 0 Å². The number of H-pyrrole nitrogens is 1. The van der Waals surface area contributed by atoms with Crippen molar-refractivity contribution >= 4 is 56.5 Å². The van der Waals surface area contributed by atoms with Gasteiger partial charge in [0, 0.05) is 82.5 Å². The molecule has 0 aliphatic carbocycles. The summed E-state index contributed by atoms with van der Waals surface area (Å²) in [5.74, 6) is 2.49. The van der Waals surface area contributed by atoms with Crippen molar-refractivity contribution in [3.05, 3.63) is 173 Å². The van der Waals surface area contributed by atoms with Gasteiger partial charge in [0.15, 0.2) is 0 Å². The van der Waals surface area contributed by atoms with E-state index in [2.05, 4.69) is 79.1 Å². The first-order valence-electron chi connectivity index (χ1n) is 21.4. The third kappa shape index (κ3) is 10.7. The summed E-state index contributed by atoms with van der Waals surface area (Å²) in [5, 5.41) is 15.0. The summed E-state index contributed by atoms with van der Waals surface area (Å²) in [6.07, 6.45) is 7.05. The van der Waals surface area contributed by atoms with Crippen LogP contribution in [-0.4, -0.2) is 50.1 Å². The predicted octanol–water partition coefficient (Wildman–Crippen LogP) is 11.2. The van der Waals surface area contributed by atoms with Gasteiger partial charge in [-0.15, -0.1) is 0 Å². The molecular weight excluding hydrogens is 813 g/mol. The molecule has 0 saturated heterocycles. The Bertz CT molecular complexity index is 3140. The van der Waals surface area contributed by atoms with Crippen LogP contribution in [0.25, 0.3) is 44.1 Å². The van der Waals surface area contributed by atoms with Gasteiger partial charge in [0.1, 0.15) is 12.4 Å². The van der Waals surface area contributed by atoms with Crippen molar-refractivity contribution in [3.8, 4) is 33.9 Å². The van der Waals surface area contributed by atoms with Crippen LogP contribution in [0.5, 0.6) is 11.6 Å². The molecular formula is C52H50N10O3. The third-order valence-corrected chi connectivity index (χ3v) is 10.6. The highest BCUT2D eigenvalue weighted by atomic mass is 16.5. The summed E-state index contributed by atoms with van der Waals surface area (Å²) < 4.78 is 11.4. The molecule has 5 N–H and O–H groups in total. The maximum absolute atomic E-state index is 12.2. The second-order valence-electron chi connectivity index (χ2n) is 15.2. The first-order chi connectivity index (χ1) is 31.8. The molecule has 13 nitrogen and oxygen atoms in total. The fourth-order valence-corrected chi connectivity index (χ4v) is 7.38. The van der Waals surface area contributed by atoms with Crippen LogP contribution in [0.15, 0.2) is 151 Å². The number of nitrogens with one attached hydrogen (secondary N) is 5. The molecule has 0 bridgehead atoms. The van der Waals surface area contributed by atoms with Gasteiger partial charge in [-0.3, -0.25) is 4.79 Å². The molecule has 0 unspecified atom stereocenters. The average Bonchev–Trinajstić information content (AvgIpc) is 3.31. The summed E-state index contributed by atoms with van der Waals surface area (Å²) in [4.78, 5) is 37.8. The Hall–Kier alpha value is -8.32. The van der Waals surface area contributed by atoms with Gasteiger partial charge >= 0.3 is 0 Å². The first kappa shape index (κ1) is 43.3. The molecule has 4 aromatic heterocycles. The van der Waals surface area contributed by atoms with Crippen LogP contribution in [0.4, 0.5) is 34.6 Å². The molecule has 0 radical (unpaired) electrons. The summed E-state index contributed by atoms with van der Waals surface area (Å²) >= 11 is 0. The van der Waals surface area contributed by atoms with Gasteiger partial charge in [-0.25, -0.2) is 24.9 Å². The van der Waals surface area contributed by atoms with Gasteiger partial charge in [0.25, 0.3) is 5.56 Å². The van der Waals surface area contributed by atoms with Crippen LogP contribution < -0.4 is 36.3 Å². The number of rotatable bonds is 14. The second kappa shape index (κ2) is 20.2. The normalized spacial score (nSPS) is 10.8. The number of aromatic nitrogens is 6. The number of methoxy groups -OCH3 is 1. The van der Waals surface area contributed by atoms with E-state index in [0.717, 1.165) is 96.8 Å². The molecule has 0 spiro atoms. The SMILES string of the molecule is CCNc1cccc(Nc2ncc3cc(-c4c(C)cc[nH]c4=O)ccc3n2)c1.CCNc1cccc(Nc2ncc3cc(-c4c(C)ccnc4OCc4ccc(OC)cc4)ccc3n2)c1. The van der Waals surface area contributed by atoms with Gasteiger partial charge < -0.3 is 35.7 Å². The maximum atomic E-state index is 12.2. The molecule has 0 aliphatic rings. The van der Waals surface area contributed by atoms with Crippen LogP contribution in [0.3, 0.4) is 0 Å². The van der Waals surface area contributed by atoms with Crippen molar-refractivity contribution in [2.45, 2.75) is 34.3 Å². The second-order valence-corrected chi connectivity index (χ2v) is 15.2. The fraction of sp³-hybridized carbons (Fsp3) is 0.154. The Labute approximate surface area is 377 Å². The number of ether oxygens (including phenoxy) is 2. The van der Waals surface area contributed by atoms with Crippen LogP contribution in [0.2, 0.25) is 0 Å². The predicted molar refractivity (Wildman–Crippen MR) is 263 cm³/mol. The molecule has 9 aromatic rings. The van der Waals surface area contributed by atoms with Crippen molar-refractivity contribution < 1.29 is 9.47 Å². The lowest BCUT2D eigenvalue weighted by molar-refractivity contribution is 0.295. The van der Waals surface area contributed by atoms with E-state index in [1.54, 1.807) is 25.7 Å². The highest BCUT2D eigenvalue weighted by molar-refractivity contribution is 5.87. The fourth-order valence-electron chi connectivity index (χ4n) is 7.38. The topological polar surface area (TPSA) is 164 Å². The van der Waals surface area contributed by atoms with Gasteiger partial charge in [-0.2, -0.15) is 0 Å². The summed E-state index contributed by atoms with van der Waals surface area (Å²) in [5.41, 5.74) is 12.1. The largest absolute Gasteiger partial charge is 0.497 e. The standard InChI is InChI=1S/C30H29N5O2.C22H21N5O/c1-4-31-24-6-5-7-25(17-24)34-30-33-18-23-16-22(10-13-27(23)35-30)28-20(2)14-15-32-29(28)37-19-21-8-11-26(36-3)12-9-21;1-3-23-17-5-4-6-18(12-17)26-22-25-13-16-11-15(7-8-19(16)27-22)20-14(2)9-10-24-21(20)28/h5-18,31H,4,19H2,1-3H3,(H,33,34,35);4-13,23H,3H2,1-2H3,(H,24,28)(H,25,26,27). The smallest absolute Gasteiger partial charge is 0.256 e. The number of hydrogen-bond donors (Lipinski definition) is 5. The van der Waals surface area contributed by atoms with E-state index in [0.29, 0.717) is 29.9 Å². The average molecular weight is 863 g/mol. The molecule has 13 heteroatoms. The van der Waals surface area contributed by atoms with Crippen LogP contribution in [0, 0.1) is 13.8 Å². The number of aryl methyl sites for hydroxylation is 2. The van der Waals surface area contributed by atoms with Gasteiger partial charge in [-0.05, 0) is 140 Å². The zero-order valence-electron chi connectivity index (χ0n) is 36.9. The van der Waals surface area contributed by atoms with Gasteiger partial charge in [0.2, 0.25) is 17.8 Å². The van der Waals surface area contributed by atoms with Crippen LogP contribution >= 0.6 is 0 Å². The monoisotopic (exact) mass is 862 g/mol. The number of nitrogens with zero attached hydrogens (tertiary/aromatic N) is 5. The van der Waals surface area contributed by atoms with E-state index in [1.165, 1.54) is 0 Å². The Morgan fingerprint density at radius 2 is 1.15 bits per heavy atom. The molecule has 0 saturated carbocycles. The van der Waals surface area contributed by atoms with Crippen molar-refractivity contribution in [2.24, 2.45) is 0 Å². The molecule has 0 aliphatic heterocycles. The molecule has 0 amide bonds. The molecule has 9 rings (SSSR count). The summed E-state index contributed by atoms with van der Waals surface area (Å²) in [7, 11) is 1.66. The Morgan fingerprint density at radius 1 is 0.600 bits per heavy atom. The number of benzene rings is 5. The highest BCUT2D eigenvalue weighted by Gasteiger charge is 2.14. The minimum absolute atomic E-state index is 0.0980. The zero-order valence-corrected chi connectivity index (χ0v) is 36.9. The lowest BCUT2D eigenvalue weighted by atomic mass is 10.0. The third-order valence-electron chi connectivity index (χ3n) is 10.6. The first-order valence-corrected chi connectivity index (χ1v) is 21.4.